The van der Waals surface area contributed by atoms with E-state index in [9.17, 15) is 0 Å². The van der Waals surface area contributed by atoms with Gasteiger partial charge in [0.05, 0.1) is 0 Å². The number of hydrogen-bond acceptors (Lipinski definition) is 0. The molecule has 0 amide bonds. The molecule has 0 unspecified atom stereocenters. The molecule has 0 atom stereocenters. The zero-order valence-corrected chi connectivity index (χ0v) is 12.3. The van der Waals surface area contributed by atoms with Gasteiger partial charge in [-0.05, 0) is 25.0 Å². The minimum absolute atomic E-state index is 0. The Balaban J connectivity index is 0.000000284. The summed E-state index contributed by atoms with van der Waals surface area (Å²) in [6.07, 6.45) is 8.36. The molecule has 17 heavy (non-hydrogen) atoms. The summed E-state index contributed by atoms with van der Waals surface area (Å²) in [6, 6.07) is 8.36. The van der Waals surface area contributed by atoms with E-state index in [1.165, 1.54) is 23.0 Å². The van der Waals surface area contributed by atoms with Crippen molar-refractivity contribution < 1.29 is 17.4 Å². The Kier molecular flexibility index (Phi) is 8.66. The van der Waals surface area contributed by atoms with Crippen LogP contribution in [0.15, 0.2) is 24.3 Å². The Hall–Kier alpha value is -0.248. The van der Waals surface area contributed by atoms with Crippen LogP contribution in [-0.4, -0.2) is 0 Å². The van der Waals surface area contributed by atoms with Crippen molar-refractivity contribution in [3.05, 3.63) is 72.9 Å². The van der Waals surface area contributed by atoms with Crippen LogP contribution in [0.3, 0.4) is 0 Å². The third kappa shape index (κ3) is 6.30. The van der Waals surface area contributed by atoms with Crippen LogP contribution in [0.4, 0.5) is 0 Å². The van der Waals surface area contributed by atoms with E-state index in [-0.39, 0.29) is 17.4 Å². The van der Waals surface area contributed by atoms with E-state index in [1.807, 2.05) is 0 Å². The fourth-order valence-corrected chi connectivity index (χ4v) is 1.33. The second-order valence-corrected chi connectivity index (χ2v) is 4.17. The molecule has 0 aromatic heterocycles. The van der Waals surface area contributed by atoms with Gasteiger partial charge in [-0.2, -0.15) is 0 Å². The normalized spacial score (nSPS) is 16.7. The summed E-state index contributed by atoms with van der Waals surface area (Å²) in [5.74, 6) is 2.74. The first-order valence-corrected chi connectivity index (χ1v) is 5.65. The zero-order chi connectivity index (χ0) is 12.0. The summed E-state index contributed by atoms with van der Waals surface area (Å²) < 4.78 is 0. The van der Waals surface area contributed by atoms with E-state index in [1.54, 1.807) is 0 Å². The van der Waals surface area contributed by atoms with E-state index >= 15 is 0 Å². The summed E-state index contributed by atoms with van der Waals surface area (Å²) in [7, 11) is 0. The van der Waals surface area contributed by atoms with Crippen molar-refractivity contribution in [1.29, 1.82) is 0 Å². The fourth-order valence-electron chi connectivity index (χ4n) is 1.33. The van der Waals surface area contributed by atoms with Gasteiger partial charge in [0.1, 0.15) is 0 Å². The molecule has 1 aliphatic carbocycles. The third-order valence-corrected chi connectivity index (χ3v) is 2.85. The maximum absolute atomic E-state index is 2.12. The Morgan fingerprint density at radius 2 is 1.18 bits per heavy atom. The van der Waals surface area contributed by atoms with Gasteiger partial charge in [0, 0.05) is 17.4 Å². The van der Waals surface area contributed by atoms with Gasteiger partial charge in [-0.3, -0.25) is 0 Å². The molecule has 1 fully saturated rings. The fraction of sp³-hybridized carbons (Fsp3) is 0.250. The number of rotatable bonds is 0. The van der Waals surface area contributed by atoms with Crippen LogP contribution in [0.25, 0.3) is 0 Å². The van der Waals surface area contributed by atoms with Crippen LogP contribution in [0.2, 0.25) is 0 Å². The summed E-state index contributed by atoms with van der Waals surface area (Å²) >= 11 is 0. The average molecular weight is 264 g/mol. The van der Waals surface area contributed by atoms with Crippen LogP contribution >= 0.6 is 0 Å². The van der Waals surface area contributed by atoms with Crippen molar-refractivity contribution in [3.8, 4) is 0 Å². The van der Waals surface area contributed by atoms with E-state index < -0.39 is 0 Å². The topological polar surface area (TPSA) is 0 Å². The van der Waals surface area contributed by atoms with Crippen molar-refractivity contribution >= 4 is 0 Å². The van der Waals surface area contributed by atoms with Crippen molar-refractivity contribution in [2.75, 3.05) is 0 Å². The van der Waals surface area contributed by atoms with Gasteiger partial charge in [-0.1, -0.05) is 24.3 Å². The Labute approximate surface area is 118 Å². The van der Waals surface area contributed by atoms with Gasteiger partial charge in [0.15, 0.2) is 0 Å². The molecule has 1 saturated carbocycles. The zero-order valence-electron chi connectivity index (χ0n) is 11.0. The molecule has 0 N–H and O–H groups in total. The van der Waals surface area contributed by atoms with Gasteiger partial charge in [-0.25, -0.2) is 13.8 Å². The second kappa shape index (κ2) is 8.79. The van der Waals surface area contributed by atoms with Gasteiger partial charge in [0.25, 0.3) is 0 Å². The van der Waals surface area contributed by atoms with E-state index in [0.717, 1.165) is 0 Å². The van der Waals surface area contributed by atoms with Crippen molar-refractivity contribution in [3.63, 3.8) is 0 Å². The van der Waals surface area contributed by atoms with Crippen LogP contribution < -0.4 is 0 Å². The molecule has 0 bridgehead atoms. The first-order chi connectivity index (χ1) is 7.61. The minimum atomic E-state index is 0. The summed E-state index contributed by atoms with van der Waals surface area (Å²) in [4.78, 5) is 0. The Morgan fingerprint density at radius 1 is 0.824 bits per heavy atom. The smallest absolute Gasteiger partial charge is 0 e. The van der Waals surface area contributed by atoms with Gasteiger partial charge >= 0.3 is 0 Å². The first kappa shape index (κ1) is 16.8. The number of hydrogen-bond donors (Lipinski definition) is 0. The minimum Gasteiger partial charge on any atom is -0.725 e. The molecule has 0 heterocycles. The van der Waals surface area contributed by atoms with Crippen molar-refractivity contribution in [2.24, 2.45) is 0 Å². The van der Waals surface area contributed by atoms with Gasteiger partial charge < -0.3 is 37.5 Å². The summed E-state index contributed by atoms with van der Waals surface area (Å²) in [5, 5.41) is 0. The molecule has 1 aromatic carbocycles. The summed E-state index contributed by atoms with van der Waals surface area (Å²) in [5.41, 5.74) is 2.74. The molecular formula is C16H20Cr-6. The third-order valence-electron chi connectivity index (χ3n) is 2.85. The average Bonchev–Trinajstić information content (AvgIpc) is 2.28. The van der Waals surface area contributed by atoms with E-state index in [4.69, 9.17) is 0 Å². The van der Waals surface area contributed by atoms with Crippen LogP contribution in [0.5, 0.6) is 0 Å². The largest absolute Gasteiger partial charge is 0.725 e. The summed E-state index contributed by atoms with van der Waals surface area (Å²) in [6.45, 7) is 8.48. The molecule has 1 aromatic rings. The molecule has 2 rings (SSSR count). The quantitative estimate of drug-likeness (QED) is 0.613. The Morgan fingerprint density at radius 3 is 1.41 bits per heavy atom. The molecule has 1 heteroatoms. The molecular weight excluding hydrogens is 244 g/mol. The number of benzene rings is 1. The SMILES string of the molecule is C[C-]1[CH-][CH-][CH-][CH-][C-]1C.Cc1ccccc1C.[Cr]. The van der Waals surface area contributed by atoms with Crippen molar-refractivity contribution in [2.45, 2.75) is 27.7 Å². The van der Waals surface area contributed by atoms with Gasteiger partial charge in [-0.15, -0.1) is 0 Å². The molecule has 0 saturated heterocycles. The maximum Gasteiger partial charge on any atom is 0 e. The first-order valence-electron chi connectivity index (χ1n) is 5.65. The van der Waals surface area contributed by atoms with E-state index in [2.05, 4.69) is 77.6 Å². The van der Waals surface area contributed by atoms with E-state index in [0.29, 0.717) is 0 Å². The monoisotopic (exact) mass is 264 g/mol. The van der Waals surface area contributed by atoms with Crippen molar-refractivity contribution in [1.82, 2.24) is 0 Å². The Bertz CT molecular complexity index is 275. The van der Waals surface area contributed by atoms with Crippen LogP contribution in [0.1, 0.15) is 25.0 Å². The second-order valence-electron chi connectivity index (χ2n) is 4.17. The predicted molar refractivity (Wildman–Crippen MR) is 71.0 cm³/mol. The van der Waals surface area contributed by atoms with Crippen LogP contribution in [-0.2, 0) is 17.4 Å². The molecule has 0 radical (unpaired) electrons. The standard InChI is InChI=1S/2C8H10.Cr/c2*1-7-5-3-4-6-8(7)2;/h2*3-6H,1-2H3;/q;-6;. The molecule has 0 spiro atoms. The number of aryl methyl sites for hydroxylation is 2. The van der Waals surface area contributed by atoms with Gasteiger partial charge in [0.2, 0.25) is 0 Å². The predicted octanol–water partition coefficient (Wildman–Crippen LogP) is 4.31. The molecule has 1 aliphatic rings. The molecule has 0 aliphatic heterocycles. The van der Waals surface area contributed by atoms with Crippen LogP contribution in [0, 0.1) is 51.4 Å². The maximum atomic E-state index is 2.12. The molecule has 96 valence electrons. The molecule has 0 nitrogen and oxygen atoms in total.